The van der Waals surface area contributed by atoms with E-state index in [1.54, 1.807) is 36.4 Å². The van der Waals surface area contributed by atoms with Crippen molar-refractivity contribution in [2.75, 3.05) is 6.61 Å². The first-order chi connectivity index (χ1) is 11.4. The van der Waals surface area contributed by atoms with Crippen LogP contribution in [0.15, 0.2) is 48.5 Å². The van der Waals surface area contributed by atoms with Crippen molar-refractivity contribution in [1.82, 2.24) is 5.32 Å². The van der Waals surface area contributed by atoms with Gasteiger partial charge in [0.25, 0.3) is 5.91 Å². The minimum atomic E-state index is -4.38. The smallest absolute Gasteiger partial charge is 0.422 e. The van der Waals surface area contributed by atoms with Crippen LogP contribution in [0.25, 0.3) is 0 Å². The number of rotatable bonds is 6. The Bertz CT molecular complexity index is 684. The lowest BCUT2D eigenvalue weighted by atomic mass is 10.1. The van der Waals surface area contributed by atoms with Crippen molar-refractivity contribution >= 4 is 5.91 Å². The molecule has 0 saturated carbocycles. The van der Waals surface area contributed by atoms with E-state index in [4.69, 9.17) is 5.11 Å². The molecule has 4 nitrogen and oxygen atoms in total. The Balaban J connectivity index is 1.88. The van der Waals surface area contributed by atoms with E-state index in [2.05, 4.69) is 10.1 Å². The fraction of sp³-hybridized carbons (Fsp3) is 0.235. The van der Waals surface area contributed by atoms with Crippen LogP contribution in [0, 0.1) is 0 Å². The molecule has 0 bridgehead atoms. The van der Waals surface area contributed by atoms with Gasteiger partial charge in [-0.25, -0.2) is 0 Å². The normalized spacial score (nSPS) is 11.2. The zero-order valence-corrected chi connectivity index (χ0v) is 12.6. The van der Waals surface area contributed by atoms with Crippen molar-refractivity contribution in [2.24, 2.45) is 0 Å². The molecular formula is C17H16F3NO3. The first kappa shape index (κ1) is 17.8. The van der Waals surface area contributed by atoms with Gasteiger partial charge in [0.1, 0.15) is 5.75 Å². The Labute approximate surface area is 136 Å². The second-order valence-electron chi connectivity index (χ2n) is 5.09. The predicted molar refractivity (Wildman–Crippen MR) is 81.5 cm³/mol. The van der Waals surface area contributed by atoms with Crippen LogP contribution in [-0.4, -0.2) is 23.8 Å². The van der Waals surface area contributed by atoms with Crippen molar-refractivity contribution in [1.29, 1.82) is 0 Å². The van der Waals surface area contributed by atoms with Gasteiger partial charge in [-0.2, -0.15) is 13.2 Å². The van der Waals surface area contributed by atoms with Crippen molar-refractivity contribution in [3.05, 3.63) is 65.2 Å². The van der Waals surface area contributed by atoms with E-state index < -0.39 is 12.8 Å². The Morgan fingerprint density at radius 2 is 1.79 bits per heavy atom. The van der Waals surface area contributed by atoms with Gasteiger partial charge >= 0.3 is 6.18 Å². The molecule has 0 heterocycles. The fourth-order valence-corrected chi connectivity index (χ4v) is 1.96. The lowest BCUT2D eigenvalue weighted by Crippen LogP contribution is -2.23. The minimum absolute atomic E-state index is 0.109. The maximum Gasteiger partial charge on any atom is 0.422 e. The third-order valence-corrected chi connectivity index (χ3v) is 3.15. The van der Waals surface area contributed by atoms with Gasteiger partial charge in [-0.15, -0.1) is 0 Å². The lowest BCUT2D eigenvalue weighted by Gasteiger charge is -2.10. The number of amides is 1. The van der Waals surface area contributed by atoms with E-state index in [1.165, 1.54) is 12.1 Å². The number of aliphatic hydroxyl groups is 1. The first-order valence-corrected chi connectivity index (χ1v) is 7.14. The van der Waals surface area contributed by atoms with Crippen LogP contribution in [0.1, 0.15) is 21.5 Å². The fourth-order valence-electron chi connectivity index (χ4n) is 1.96. The standard InChI is InChI=1S/C17H16F3NO3/c18-17(19,20)11-24-15-6-4-12(5-7-15)9-21-16(23)14-3-1-2-13(8-14)10-22/h1-8,22H,9-11H2,(H,21,23). The third-order valence-electron chi connectivity index (χ3n) is 3.15. The van der Waals surface area contributed by atoms with E-state index >= 15 is 0 Å². The van der Waals surface area contributed by atoms with E-state index in [-0.39, 0.29) is 24.8 Å². The highest BCUT2D eigenvalue weighted by Gasteiger charge is 2.28. The zero-order chi connectivity index (χ0) is 17.6. The second kappa shape index (κ2) is 7.83. The Kier molecular flexibility index (Phi) is 5.81. The van der Waals surface area contributed by atoms with E-state index in [9.17, 15) is 18.0 Å². The molecule has 0 radical (unpaired) electrons. The molecule has 0 aromatic heterocycles. The number of hydrogen-bond donors (Lipinski definition) is 2. The van der Waals surface area contributed by atoms with Crippen molar-refractivity contribution in [2.45, 2.75) is 19.3 Å². The topological polar surface area (TPSA) is 58.6 Å². The maximum atomic E-state index is 12.1. The molecule has 0 aliphatic rings. The SMILES string of the molecule is O=C(NCc1ccc(OCC(F)(F)F)cc1)c1cccc(CO)c1. The molecule has 2 aromatic carbocycles. The molecule has 0 fully saturated rings. The number of aliphatic hydroxyl groups excluding tert-OH is 1. The Hall–Kier alpha value is -2.54. The molecule has 0 saturated heterocycles. The molecule has 2 N–H and O–H groups in total. The lowest BCUT2D eigenvalue weighted by molar-refractivity contribution is -0.153. The first-order valence-electron chi connectivity index (χ1n) is 7.14. The highest BCUT2D eigenvalue weighted by molar-refractivity contribution is 5.94. The number of ether oxygens (including phenoxy) is 1. The van der Waals surface area contributed by atoms with Gasteiger partial charge < -0.3 is 15.2 Å². The van der Waals surface area contributed by atoms with Crippen LogP contribution in [0.3, 0.4) is 0 Å². The predicted octanol–water partition coefficient (Wildman–Crippen LogP) is 3.05. The van der Waals surface area contributed by atoms with Gasteiger partial charge in [-0.1, -0.05) is 24.3 Å². The highest BCUT2D eigenvalue weighted by Crippen LogP contribution is 2.18. The van der Waals surface area contributed by atoms with Crippen molar-refractivity contribution in [3.63, 3.8) is 0 Å². The summed E-state index contributed by atoms with van der Waals surface area (Å²) < 4.78 is 40.8. The molecule has 0 aliphatic carbocycles. The van der Waals surface area contributed by atoms with Gasteiger partial charge in [-0.3, -0.25) is 4.79 Å². The van der Waals surface area contributed by atoms with Crippen LogP contribution in [0.5, 0.6) is 5.75 Å². The summed E-state index contributed by atoms with van der Waals surface area (Å²) in [5.74, 6) is -0.194. The van der Waals surface area contributed by atoms with Crippen molar-refractivity contribution < 1.29 is 27.8 Å². The molecule has 24 heavy (non-hydrogen) atoms. The second-order valence-corrected chi connectivity index (χ2v) is 5.09. The van der Waals surface area contributed by atoms with E-state index in [0.29, 0.717) is 11.1 Å². The molecule has 2 aromatic rings. The van der Waals surface area contributed by atoms with Gasteiger partial charge in [0, 0.05) is 12.1 Å². The Morgan fingerprint density at radius 3 is 2.42 bits per heavy atom. The number of carbonyl (C=O) groups is 1. The summed E-state index contributed by atoms with van der Waals surface area (Å²) in [5.41, 5.74) is 1.78. The summed E-state index contributed by atoms with van der Waals surface area (Å²) in [6, 6.07) is 12.6. The number of halogens is 3. The monoisotopic (exact) mass is 339 g/mol. The number of alkyl halides is 3. The summed E-state index contributed by atoms with van der Waals surface area (Å²) in [6.07, 6.45) is -4.38. The highest BCUT2D eigenvalue weighted by atomic mass is 19.4. The van der Waals surface area contributed by atoms with Crippen molar-refractivity contribution in [3.8, 4) is 5.75 Å². The van der Waals surface area contributed by atoms with Gasteiger partial charge in [-0.05, 0) is 35.4 Å². The average Bonchev–Trinajstić information content (AvgIpc) is 2.58. The molecule has 1 amide bonds. The van der Waals surface area contributed by atoms with E-state index in [1.807, 2.05) is 0 Å². The number of carbonyl (C=O) groups excluding carboxylic acids is 1. The Morgan fingerprint density at radius 1 is 1.08 bits per heavy atom. The number of nitrogens with one attached hydrogen (secondary N) is 1. The molecule has 0 unspecified atom stereocenters. The summed E-state index contributed by atoms with van der Waals surface area (Å²) in [4.78, 5) is 12.0. The number of benzene rings is 2. The van der Waals surface area contributed by atoms with E-state index in [0.717, 1.165) is 5.56 Å². The van der Waals surface area contributed by atoms with Crippen LogP contribution < -0.4 is 10.1 Å². The molecule has 2 rings (SSSR count). The zero-order valence-electron chi connectivity index (χ0n) is 12.6. The quantitative estimate of drug-likeness (QED) is 0.850. The van der Waals surface area contributed by atoms with Crippen LogP contribution in [0.2, 0.25) is 0 Å². The third kappa shape index (κ3) is 5.58. The summed E-state index contributed by atoms with van der Waals surface area (Å²) in [6.45, 7) is -1.27. The molecule has 0 atom stereocenters. The van der Waals surface area contributed by atoms with Gasteiger partial charge in [0.2, 0.25) is 0 Å². The van der Waals surface area contributed by atoms with Crippen LogP contribution >= 0.6 is 0 Å². The molecule has 128 valence electrons. The maximum absolute atomic E-state index is 12.1. The molecule has 0 spiro atoms. The molecule has 0 aliphatic heterocycles. The van der Waals surface area contributed by atoms with Crippen LogP contribution in [-0.2, 0) is 13.2 Å². The summed E-state index contributed by atoms with van der Waals surface area (Å²) in [5, 5.41) is 11.8. The largest absolute Gasteiger partial charge is 0.484 e. The average molecular weight is 339 g/mol. The molecular weight excluding hydrogens is 323 g/mol. The van der Waals surface area contributed by atoms with Gasteiger partial charge in [0.05, 0.1) is 6.61 Å². The van der Waals surface area contributed by atoms with Crippen LogP contribution in [0.4, 0.5) is 13.2 Å². The minimum Gasteiger partial charge on any atom is -0.484 e. The van der Waals surface area contributed by atoms with Gasteiger partial charge in [0.15, 0.2) is 6.61 Å². The molecule has 7 heteroatoms. The summed E-state index contributed by atoms with van der Waals surface area (Å²) >= 11 is 0. The summed E-state index contributed by atoms with van der Waals surface area (Å²) in [7, 11) is 0. The number of hydrogen-bond acceptors (Lipinski definition) is 3.